The molecule has 21 heavy (non-hydrogen) atoms. The highest BCUT2D eigenvalue weighted by molar-refractivity contribution is 7.92. The molecule has 2 aromatic carbocycles. The summed E-state index contributed by atoms with van der Waals surface area (Å²) in [6, 6.07) is 12.5. The monoisotopic (exact) mass is 305 g/mol. The molecular weight excluding hydrogens is 290 g/mol. The predicted octanol–water partition coefficient (Wildman–Crippen LogP) is 1.78. The van der Waals surface area contributed by atoms with Crippen LogP contribution in [0.1, 0.15) is 5.56 Å². The molecule has 0 atom stereocenters. The van der Waals surface area contributed by atoms with Gasteiger partial charge in [0.25, 0.3) is 10.0 Å². The van der Waals surface area contributed by atoms with E-state index in [0.29, 0.717) is 17.0 Å². The molecule has 0 heterocycles. The molecular formula is C14H15N3O3S. The summed E-state index contributed by atoms with van der Waals surface area (Å²) in [6.45, 7) is 0. The Balaban J connectivity index is 2.33. The van der Waals surface area contributed by atoms with E-state index in [2.05, 4.69) is 4.72 Å². The first-order valence-corrected chi connectivity index (χ1v) is 7.52. The number of hydrogen-bond donors (Lipinski definition) is 3. The number of anilines is 1. The third-order valence-electron chi connectivity index (χ3n) is 2.78. The minimum Gasteiger partial charge on any atom is -0.497 e. The van der Waals surface area contributed by atoms with Gasteiger partial charge in [0, 0.05) is 11.6 Å². The molecule has 0 radical (unpaired) electrons. The van der Waals surface area contributed by atoms with Crippen molar-refractivity contribution in [2.75, 3.05) is 11.8 Å². The van der Waals surface area contributed by atoms with E-state index < -0.39 is 10.0 Å². The minimum absolute atomic E-state index is 0.0398. The highest BCUT2D eigenvalue weighted by Gasteiger charge is 2.15. The lowest BCUT2D eigenvalue weighted by molar-refractivity contribution is 0.415. The van der Waals surface area contributed by atoms with Gasteiger partial charge in [-0.05, 0) is 24.3 Å². The standard InChI is InChI=1S/C14H15N3O3S/c1-20-12-6-3-5-11(9-12)17-21(18,19)13-7-2-4-10(8-13)14(15)16/h2-9,17H,1H3,(H3,15,16). The number of nitrogen functional groups attached to an aromatic ring is 1. The van der Waals surface area contributed by atoms with E-state index in [0.717, 1.165) is 0 Å². The van der Waals surface area contributed by atoms with Gasteiger partial charge in [-0.3, -0.25) is 10.1 Å². The fourth-order valence-corrected chi connectivity index (χ4v) is 2.83. The van der Waals surface area contributed by atoms with Crippen LogP contribution in [0.5, 0.6) is 5.75 Å². The summed E-state index contributed by atoms with van der Waals surface area (Å²) in [4.78, 5) is 0.0398. The highest BCUT2D eigenvalue weighted by atomic mass is 32.2. The summed E-state index contributed by atoms with van der Waals surface area (Å²) in [5.74, 6) is 0.362. The van der Waals surface area contributed by atoms with Crippen molar-refractivity contribution in [3.63, 3.8) is 0 Å². The number of hydrogen-bond acceptors (Lipinski definition) is 4. The Morgan fingerprint density at radius 3 is 2.57 bits per heavy atom. The topological polar surface area (TPSA) is 105 Å². The van der Waals surface area contributed by atoms with E-state index in [9.17, 15) is 8.42 Å². The third kappa shape index (κ3) is 3.51. The van der Waals surface area contributed by atoms with E-state index in [1.54, 1.807) is 30.3 Å². The number of benzene rings is 2. The summed E-state index contributed by atoms with van der Waals surface area (Å²) in [5, 5.41) is 7.36. The Kier molecular flexibility index (Phi) is 4.13. The molecule has 0 unspecified atom stereocenters. The lowest BCUT2D eigenvalue weighted by atomic mass is 10.2. The normalized spacial score (nSPS) is 10.9. The lowest BCUT2D eigenvalue weighted by Crippen LogP contribution is -2.15. The van der Waals surface area contributed by atoms with Crippen molar-refractivity contribution < 1.29 is 13.2 Å². The van der Waals surface area contributed by atoms with E-state index in [1.807, 2.05) is 0 Å². The SMILES string of the molecule is COc1cccc(NS(=O)(=O)c2cccc(C(=N)N)c2)c1. The first-order chi connectivity index (χ1) is 9.92. The quantitative estimate of drug-likeness (QED) is 0.578. The van der Waals surface area contributed by atoms with E-state index in [1.165, 1.54) is 25.3 Å². The van der Waals surface area contributed by atoms with Gasteiger partial charge in [0.2, 0.25) is 0 Å². The molecule has 110 valence electrons. The average molecular weight is 305 g/mol. The number of ether oxygens (including phenoxy) is 1. The molecule has 0 aliphatic heterocycles. The molecule has 0 saturated heterocycles. The van der Waals surface area contributed by atoms with E-state index in [4.69, 9.17) is 15.9 Å². The van der Waals surface area contributed by atoms with Crippen LogP contribution in [0, 0.1) is 5.41 Å². The zero-order valence-electron chi connectivity index (χ0n) is 11.3. The summed E-state index contributed by atoms with van der Waals surface area (Å²) in [6.07, 6.45) is 0. The Morgan fingerprint density at radius 1 is 1.19 bits per heavy atom. The fraction of sp³-hybridized carbons (Fsp3) is 0.0714. The van der Waals surface area contributed by atoms with E-state index in [-0.39, 0.29) is 10.7 Å². The molecule has 0 fully saturated rings. The van der Waals surface area contributed by atoms with Crippen LogP contribution in [0.4, 0.5) is 5.69 Å². The zero-order valence-corrected chi connectivity index (χ0v) is 12.1. The van der Waals surface area contributed by atoms with Gasteiger partial charge < -0.3 is 10.5 Å². The van der Waals surface area contributed by atoms with Gasteiger partial charge in [-0.25, -0.2) is 8.42 Å². The van der Waals surface area contributed by atoms with Crippen LogP contribution in [-0.4, -0.2) is 21.4 Å². The van der Waals surface area contributed by atoms with Crippen molar-refractivity contribution in [1.82, 2.24) is 0 Å². The highest BCUT2D eigenvalue weighted by Crippen LogP contribution is 2.21. The molecule has 2 aromatic rings. The second-order valence-electron chi connectivity index (χ2n) is 4.28. The van der Waals surface area contributed by atoms with Crippen LogP contribution >= 0.6 is 0 Å². The van der Waals surface area contributed by atoms with E-state index >= 15 is 0 Å². The Hall–Kier alpha value is -2.54. The number of nitrogens with two attached hydrogens (primary N) is 1. The maximum absolute atomic E-state index is 12.3. The molecule has 6 nitrogen and oxygen atoms in total. The molecule has 4 N–H and O–H groups in total. The van der Waals surface area contributed by atoms with Crippen molar-refractivity contribution in [1.29, 1.82) is 5.41 Å². The number of amidine groups is 1. The van der Waals surface area contributed by atoms with Crippen molar-refractivity contribution in [2.45, 2.75) is 4.90 Å². The van der Waals surface area contributed by atoms with Crippen LogP contribution in [0.15, 0.2) is 53.4 Å². The summed E-state index contributed by atoms with van der Waals surface area (Å²) < 4.78 is 32.1. The fourth-order valence-electron chi connectivity index (χ4n) is 1.73. The number of sulfonamides is 1. The summed E-state index contributed by atoms with van der Waals surface area (Å²) >= 11 is 0. The molecule has 0 aliphatic carbocycles. The van der Waals surface area contributed by atoms with Crippen LogP contribution in [0.3, 0.4) is 0 Å². The Morgan fingerprint density at radius 2 is 1.90 bits per heavy atom. The molecule has 0 amide bonds. The maximum atomic E-state index is 12.3. The van der Waals surface area contributed by atoms with Gasteiger partial charge in [-0.2, -0.15) is 0 Å². The maximum Gasteiger partial charge on any atom is 0.261 e. The lowest BCUT2D eigenvalue weighted by Gasteiger charge is -2.10. The van der Waals surface area contributed by atoms with Crippen LogP contribution in [0.25, 0.3) is 0 Å². The van der Waals surface area contributed by atoms with Crippen molar-refractivity contribution in [2.24, 2.45) is 5.73 Å². The van der Waals surface area contributed by atoms with Gasteiger partial charge >= 0.3 is 0 Å². The molecule has 0 bridgehead atoms. The zero-order chi connectivity index (χ0) is 15.5. The number of methoxy groups -OCH3 is 1. The first-order valence-electron chi connectivity index (χ1n) is 6.04. The van der Waals surface area contributed by atoms with Crippen molar-refractivity contribution >= 4 is 21.5 Å². The molecule has 0 saturated carbocycles. The first kappa shape index (κ1) is 14.9. The molecule has 2 rings (SSSR count). The van der Waals surface area contributed by atoms with Crippen LogP contribution in [0.2, 0.25) is 0 Å². The summed E-state index contributed by atoms with van der Waals surface area (Å²) in [7, 11) is -2.25. The third-order valence-corrected chi connectivity index (χ3v) is 4.16. The molecule has 7 heteroatoms. The van der Waals surface area contributed by atoms with Crippen LogP contribution < -0.4 is 15.2 Å². The summed E-state index contributed by atoms with van der Waals surface area (Å²) in [5.41, 5.74) is 6.11. The Labute approximate surface area is 123 Å². The second kappa shape index (κ2) is 5.84. The number of rotatable bonds is 5. The van der Waals surface area contributed by atoms with Crippen molar-refractivity contribution in [3.8, 4) is 5.75 Å². The largest absolute Gasteiger partial charge is 0.497 e. The van der Waals surface area contributed by atoms with Gasteiger partial charge in [0.15, 0.2) is 0 Å². The second-order valence-corrected chi connectivity index (χ2v) is 5.96. The molecule has 0 aromatic heterocycles. The van der Waals surface area contributed by atoms with Crippen molar-refractivity contribution in [3.05, 3.63) is 54.1 Å². The molecule has 0 spiro atoms. The average Bonchev–Trinajstić information content (AvgIpc) is 2.47. The Bertz CT molecular complexity index is 773. The number of nitrogens with one attached hydrogen (secondary N) is 2. The predicted molar refractivity (Wildman–Crippen MR) is 81.3 cm³/mol. The van der Waals surface area contributed by atoms with Gasteiger partial charge in [-0.15, -0.1) is 0 Å². The minimum atomic E-state index is -3.75. The van der Waals surface area contributed by atoms with Gasteiger partial charge in [0.1, 0.15) is 11.6 Å². The molecule has 0 aliphatic rings. The van der Waals surface area contributed by atoms with Crippen LogP contribution in [-0.2, 0) is 10.0 Å². The van der Waals surface area contributed by atoms with Gasteiger partial charge in [0.05, 0.1) is 17.7 Å². The van der Waals surface area contributed by atoms with Gasteiger partial charge in [-0.1, -0.05) is 18.2 Å². The smallest absolute Gasteiger partial charge is 0.261 e.